The molecule has 6 heteroatoms. The molecule has 5 nitrogen and oxygen atoms in total. The summed E-state index contributed by atoms with van der Waals surface area (Å²) in [5.41, 5.74) is 1.97. The lowest BCUT2D eigenvalue weighted by atomic mass is 10.2. The number of hydrogen-bond donors (Lipinski definition) is 1. The molecule has 1 N–H and O–H groups in total. The first-order valence-electron chi connectivity index (χ1n) is 7.61. The van der Waals surface area contributed by atoms with Gasteiger partial charge in [-0.1, -0.05) is 24.8 Å². The summed E-state index contributed by atoms with van der Waals surface area (Å²) < 4.78 is 15.0. The van der Waals surface area contributed by atoms with Crippen LogP contribution in [0.2, 0.25) is 0 Å². The first kappa shape index (κ1) is 15.0. The molecule has 0 aliphatic carbocycles. The number of fused-ring (bicyclic) bond motifs is 1. The molecule has 0 spiro atoms. The molecular formula is C19H13FN4O. The maximum absolute atomic E-state index is 13.6. The standard InChI is InChI=1S/C19H13FN4O/c1-12-9-14(11-21-12)22-19-23-17-8-7-13(20)10-16(17)18(25)24(19)15-5-3-2-4-6-15/h2-11H,1H2,(H,22,23). The summed E-state index contributed by atoms with van der Waals surface area (Å²) in [4.78, 5) is 21.6. The number of rotatable bonds is 3. The van der Waals surface area contributed by atoms with Crippen LogP contribution in [0.1, 0.15) is 0 Å². The summed E-state index contributed by atoms with van der Waals surface area (Å²) in [5.74, 6) is -0.156. The number of anilines is 1. The van der Waals surface area contributed by atoms with Crippen LogP contribution in [-0.2, 0) is 0 Å². The highest BCUT2D eigenvalue weighted by Gasteiger charge is 2.15. The minimum Gasteiger partial charge on any atom is -0.324 e. The first-order valence-corrected chi connectivity index (χ1v) is 7.61. The largest absolute Gasteiger partial charge is 0.324 e. The fraction of sp³-hybridized carbons (Fsp3) is 0. The average Bonchev–Trinajstić information content (AvgIpc) is 3.01. The van der Waals surface area contributed by atoms with E-state index < -0.39 is 5.82 Å². The summed E-state index contributed by atoms with van der Waals surface area (Å²) in [6.07, 6.45) is 3.36. The van der Waals surface area contributed by atoms with E-state index in [4.69, 9.17) is 0 Å². The van der Waals surface area contributed by atoms with Crippen molar-refractivity contribution < 1.29 is 4.39 Å². The SMILES string of the molecule is C=C1C=C(Nc2nc3ccc(F)cc3c(=O)n2-c2ccccc2)C=N1. The van der Waals surface area contributed by atoms with Gasteiger partial charge in [0.15, 0.2) is 0 Å². The van der Waals surface area contributed by atoms with E-state index in [1.807, 2.05) is 18.2 Å². The van der Waals surface area contributed by atoms with Gasteiger partial charge in [-0.25, -0.2) is 13.9 Å². The van der Waals surface area contributed by atoms with E-state index in [0.717, 1.165) is 0 Å². The molecule has 1 aromatic heterocycles. The number of hydrogen-bond acceptors (Lipinski definition) is 4. The third kappa shape index (κ3) is 2.74. The van der Waals surface area contributed by atoms with Gasteiger partial charge in [-0.05, 0) is 36.4 Å². The van der Waals surface area contributed by atoms with Crippen molar-refractivity contribution in [3.8, 4) is 5.69 Å². The van der Waals surface area contributed by atoms with Crippen molar-refractivity contribution in [3.63, 3.8) is 0 Å². The maximum Gasteiger partial charge on any atom is 0.267 e. The number of para-hydroxylation sites is 1. The Labute approximate surface area is 142 Å². The zero-order valence-corrected chi connectivity index (χ0v) is 13.1. The average molecular weight is 332 g/mol. The van der Waals surface area contributed by atoms with Crippen LogP contribution in [0.4, 0.5) is 10.3 Å². The number of nitrogens with zero attached hydrogens (tertiary/aromatic N) is 3. The van der Waals surface area contributed by atoms with Crippen molar-refractivity contribution in [3.05, 3.63) is 88.8 Å². The molecule has 2 aromatic carbocycles. The van der Waals surface area contributed by atoms with Gasteiger partial charge >= 0.3 is 0 Å². The van der Waals surface area contributed by atoms with Crippen LogP contribution in [0.25, 0.3) is 16.6 Å². The maximum atomic E-state index is 13.6. The van der Waals surface area contributed by atoms with E-state index in [1.54, 1.807) is 24.4 Å². The number of aliphatic imine (C=N–C) groups is 1. The highest BCUT2D eigenvalue weighted by molar-refractivity contribution is 5.88. The van der Waals surface area contributed by atoms with E-state index >= 15 is 0 Å². The Morgan fingerprint density at radius 2 is 1.92 bits per heavy atom. The third-order valence-corrected chi connectivity index (χ3v) is 3.79. The van der Waals surface area contributed by atoms with Crippen LogP contribution in [-0.4, -0.2) is 15.8 Å². The summed E-state index contributed by atoms with van der Waals surface area (Å²) in [6, 6.07) is 13.0. The van der Waals surface area contributed by atoms with Crippen molar-refractivity contribution in [2.45, 2.75) is 0 Å². The summed E-state index contributed by atoms with van der Waals surface area (Å²) in [6.45, 7) is 3.76. The Kier molecular flexibility index (Phi) is 3.50. The Morgan fingerprint density at radius 3 is 2.64 bits per heavy atom. The summed E-state index contributed by atoms with van der Waals surface area (Å²) >= 11 is 0. The molecule has 0 saturated carbocycles. The van der Waals surface area contributed by atoms with Gasteiger partial charge in [-0.3, -0.25) is 9.79 Å². The monoisotopic (exact) mass is 332 g/mol. The van der Waals surface area contributed by atoms with Gasteiger partial charge in [-0.15, -0.1) is 0 Å². The van der Waals surface area contributed by atoms with Crippen LogP contribution >= 0.6 is 0 Å². The highest BCUT2D eigenvalue weighted by atomic mass is 19.1. The van der Waals surface area contributed by atoms with Gasteiger partial charge in [0.25, 0.3) is 5.56 Å². The Balaban J connectivity index is 1.98. The van der Waals surface area contributed by atoms with E-state index in [0.29, 0.717) is 28.5 Å². The van der Waals surface area contributed by atoms with E-state index in [9.17, 15) is 9.18 Å². The molecule has 0 saturated heterocycles. The first-order chi connectivity index (χ1) is 12.1. The number of nitrogens with one attached hydrogen (secondary N) is 1. The second-order valence-electron chi connectivity index (χ2n) is 5.55. The van der Waals surface area contributed by atoms with E-state index in [2.05, 4.69) is 21.9 Å². The minimum atomic E-state index is -0.478. The van der Waals surface area contributed by atoms with Gasteiger partial charge in [0, 0.05) is 0 Å². The predicted octanol–water partition coefficient (Wildman–Crippen LogP) is 3.42. The molecule has 0 amide bonds. The molecule has 122 valence electrons. The van der Waals surface area contributed by atoms with Crippen LogP contribution in [0.3, 0.4) is 0 Å². The molecule has 25 heavy (non-hydrogen) atoms. The Bertz CT molecular complexity index is 1110. The molecule has 1 aliphatic heterocycles. The molecule has 0 radical (unpaired) electrons. The number of benzene rings is 2. The predicted molar refractivity (Wildman–Crippen MR) is 96.6 cm³/mol. The fourth-order valence-electron chi connectivity index (χ4n) is 2.66. The smallest absolute Gasteiger partial charge is 0.267 e. The van der Waals surface area contributed by atoms with Gasteiger partial charge in [-0.2, -0.15) is 0 Å². The van der Waals surface area contributed by atoms with Gasteiger partial charge in [0.1, 0.15) is 5.82 Å². The van der Waals surface area contributed by atoms with Crippen LogP contribution < -0.4 is 10.9 Å². The summed E-state index contributed by atoms with van der Waals surface area (Å²) in [7, 11) is 0. The van der Waals surface area contributed by atoms with Crippen molar-refractivity contribution in [1.82, 2.24) is 9.55 Å². The van der Waals surface area contributed by atoms with E-state index in [-0.39, 0.29) is 10.9 Å². The minimum absolute atomic E-state index is 0.216. The van der Waals surface area contributed by atoms with Crippen LogP contribution in [0.15, 0.2) is 82.4 Å². The normalized spacial score (nSPS) is 13.3. The zero-order chi connectivity index (χ0) is 17.4. The molecule has 1 aliphatic rings. The number of aromatic nitrogens is 2. The lowest BCUT2D eigenvalue weighted by molar-refractivity contribution is 0.629. The van der Waals surface area contributed by atoms with Gasteiger partial charge < -0.3 is 5.32 Å². The summed E-state index contributed by atoms with van der Waals surface area (Å²) in [5, 5.41) is 3.31. The lowest BCUT2D eigenvalue weighted by Crippen LogP contribution is -2.23. The molecule has 0 fully saturated rings. The number of allylic oxidation sites excluding steroid dienone is 2. The fourth-order valence-corrected chi connectivity index (χ4v) is 2.66. The quantitative estimate of drug-likeness (QED) is 0.799. The van der Waals surface area contributed by atoms with E-state index in [1.165, 1.54) is 22.8 Å². The van der Waals surface area contributed by atoms with Crippen molar-refractivity contribution in [2.75, 3.05) is 5.32 Å². The van der Waals surface area contributed by atoms with Crippen LogP contribution in [0, 0.1) is 5.82 Å². The topological polar surface area (TPSA) is 59.3 Å². The van der Waals surface area contributed by atoms with Crippen molar-refractivity contribution in [1.29, 1.82) is 0 Å². The second kappa shape index (κ2) is 5.83. The van der Waals surface area contributed by atoms with Gasteiger partial charge in [0.2, 0.25) is 5.95 Å². The number of halogens is 1. The Morgan fingerprint density at radius 1 is 1.12 bits per heavy atom. The van der Waals surface area contributed by atoms with Crippen molar-refractivity contribution in [2.24, 2.45) is 4.99 Å². The highest BCUT2D eigenvalue weighted by Crippen LogP contribution is 2.19. The molecule has 0 atom stereocenters. The van der Waals surface area contributed by atoms with Crippen LogP contribution in [0.5, 0.6) is 0 Å². The molecule has 2 heterocycles. The zero-order valence-electron chi connectivity index (χ0n) is 13.1. The molecule has 3 aromatic rings. The third-order valence-electron chi connectivity index (χ3n) is 3.79. The van der Waals surface area contributed by atoms with Crippen molar-refractivity contribution >= 4 is 23.1 Å². The molecule has 0 bridgehead atoms. The molecule has 0 unspecified atom stereocenters. The Hall–Kier alpha value is -3.54. The molecular weight excluding hydrogens is 319 g/mol. The molecule has 4 rings (SSSR count). The lowest BCUT2D eigenvalue weighted by Gasteiger charge is -2.14. The second-order valence-corrected chi connectivity index (χ2v) is 5.55. The van der Waals surface area contributed by atoms with Gasteiger partial charge in [0.05, 0.1) is 34.2 Å².